The average molecular weight is 378 g/mol. The minimum atomic E-state index is -1.08. The molecule has 0 spiro atoms. The molecule has 1 fully saturated rings. The molecule has 0 bridgehead atoms. The van der Waals surface area contributed by atoms with Crippen LogP contribution in [-0.2, 0) is 10.3 Å². The van der Waals surface area contributed by atoms with Crippen LogP contribution in [0.3, 0.4) is 0 Å². The van der Waals surface area contributed by atoms with Crippen LogP contribution in [0.15, 0.2) is 53.1 Å². The van der Waals surface area contributed by atoms with E-state index in [-0.39, 0.29) is 30.3 Å². The first-order chi connectivity index (χ1) is 12.0. The highest BCUT2D eigenvalue weighted by Crippen LogP contribution is 2.20. The van der Waals surface area contributed by atoms with E-state index < -0.39 is 5.54 Å². The lowest BCUT2D eigenvalue weighted by Crippen LogP contribution is -2.54. The zero-order valence-electron chi connectivity index (χ0n) is 14.7. The van der Waals surface area contributed by atoms with Gasteiger partial charge in [0, 0.05) is 19.1 Å². The molecular weight excluding hydrogens is 354 g/mol. The average Bonchev–Trinajstić information content (AvgIpc) is 3.17. The van der Waals surface area contributed by atoms with Crippen molar-refractivity contribution in [1.82, 2.24) is 10.2 Å². The Labute approximate surface area is 159 Å². The van der Waals surface area contributed by atoms with E-state index in [4.69, 9.17) is 10.2 Å². The number of hydrogen-bond acceptors (Lipinski definition) is 4. The number of piperidine rings is 1. The predicted octanol–water partition coefficient (Wildman–Crippen LogP) is 2.30. The van der Waals surface area contributed by atoms with E-state index >= 15 is 0 Å². The smallest absolute Gasteiger partial charge is 0.289 e. The first-order valence-corrected chi connectivity index (χ1v) is 8.46. The highest BCUT2D eigenvalue weighted by atomic mass is 35.5. The summed E-state index contributed by atoms with van der Waals surface area (Å²) in [5.74, 6) is 0.0401. The number of halogens is 1. The molecule has 1 aliphatic rings. The molecule has 2 amide bonds. The molecule has 0 aliphatic carbocycles. The van der Waals surface area contributed by atoms with Crippen LogP contribution < -0.4 is 11.1 Å². The Morgan fingerprint density at radius 1 is 1.15 bits per heavy atom. The highest BCUT2D eigenvalue weighted by molar-refractivity contribution is 5.91. The summed E-state index contributed by atoms with van der Waals surface area (Å²) in [7, 11) is 0. The van der Waals surface area contributed by atoms with Gasteiger partial charge in [0.25, 0.3) is 5.91 Å². The molecule has 6 nitrogen and oxygen atoms in total. The number of nitrogens with zero attached hydrogens (tertiary/aromatic N) is 1. The van der Waals surface area contributed by atoms with Crippen molar-refractivity contribution >= 4 is 24.2 Å². The predicted molar refractivity (Wildman–Crippen MR) is 101 cm³/mol. The molecule has 0 radical (unpaired) electrons. The second kappa shape index (κ2) is 8.38. The van der Waals surface area contributed by atoms with Crippen LogP contribution in [0.1, 0.15) is 35.9 Å². The van der Waals surface area contributed by atoms with Gasteiger partial charge in [-0.1, -0.05) is 30.3 Å². The second-order valence-electron chi connectivity index (χ2n) is 6.59. The Kier molecular flexibility index (Phi) is 6.45. The van der Waals surface area contributed by atoms with E-state index in [2.05, 4.69) is 5.32 Å². The van der Waals surface area contributed by atoms with Crippen molar-refractivity contribution in [2.24, 2.45) is 5.73 Å². The zero-order valence-corrected chi connectivity index (χ0v) is 15.5. The zero-order chi connectivity index (χ0) is 17.9. The summed E-state index contributed by atoms with van der Waals surface area (Å²) >= 11 is 0. The van der Waals surface area contributed by atoms with Crippen LogP contribution in [0.5, 0.6) is 0 Å². The second-order valence-corrected chi connectivity index (χ2v) is 6.59. The third-order valence-corrected chi connectivity index (χ3v) is 4.69. The van der Waals surface area contributed by atoms with E-state index in [9.17, 15) is 9.59 Å². The summed E-state index contributed by atoms with van der Waals surface area (Å²) in [6.07, 6.45) is 2.89. The van der Waals surface area contributed by atoms with E-state index in [1.807, 2.05) is 30.3 Å². The van der Waals surface area contributed by atoms with E-state index in [1.165, 1.54) is 6.26 Å². The van der Waals surface area contributed by atoms with Gasteiger partial charge in [-0.25, -0.2) is 0 Å². The summed E-state index contributed by atoms with van der Waals surface area (Å²) in [6.45, 7) is 2.88. The molecule has 1 aliphatic heterocycles. The molecule has 0 saturated carbocycles. The minimum absolute atomic E-state index is 0. The van der Waals surface area contributed by atoms with Crippen LogP contribution in [0.2, 0.25) is 0 Å². The topological polar surface area (TPSA) is 88.6 Å². The fraction of sp³-hybridized carbons (Fsp3) is 0.368. The Hall–Kier alpha value is -2.31. The molecule has 1 aromatic heterocycles. The number of carbonyl (C=O) groups is 2. The standard InChI is InChI=1S/C19H23N3O3.ClH/c1-19(20,14-6-3-2-4-7-14)18(24)21-15-9-11-22(12-10-15)17(23)16-8-5-13-25-16;/h2-8,13,15H,9-12,20H2,1H3,(H,21,24);1H. The Morgan fingerprint density at radius 2 is 1.81 bits per heavy atom. The lowest BCUT2D eigenvalue weighted by atomic mass is 9.91. The maximum Gasteiger partial charge on any atom is 0.289 e. The fourth-order valence-electron chi connectivity index (χ4n) is 3.03. The van der Waals surface area contributed by atoms with Gasteiger partial charge in [0.1, 0.15) is 5.54 Å². The van der Waals surface area contributed by atoms with Crippen LogP contribution in [0.25, 0.3) is 0 Å². The summed E-state index contributed by atoms with van der Waals surface area (Å²) < 4.78 is 5.16. The lowest BCUT2D eigenvalue weighted by molar-refractivity contribution is -0.127. The van der Waals surface area contributed by atoms with Crippen LogP contribution in [0, 0.1) is 0 Å². The minimum Gasteiger partial charge on any atom is -0.459 e. The van der Waals surface area contributed by atoms with Crippen molar-refractivity contribution in [3.8, 4) is 0 Å². The molecule has 140 valence electrons. The summed E-state index contributed by atoms with van der Waals surface area (Å²) in [5, 5.41) is 3.03. The number of likely N-dealkylation sites (tertiary alicyclic amines) is 1. The van der Waals surface area contributed by atoms with Crippen molar-refractivity contribution in [2.45, 2.75) is 31.3 Å². The van der Waals surface area contributed by atoms with E-state index in [0.29, 0.717) is 31.7 Å². The van der Waals surface area contributed by atoms with Gasteiger partial charge in [-0.15, -0.1) is 12.4 Å². The van der Waals surface area contributed by atoms with E-state index in [1.54, 1.807) is 24.0 Å². The van der Waals surface area contributed by atoms with Gasteiger partial charge in [-0.05, 0) is 37.5 Å². The SMILES string of the molecule is CC(N)(C(=O)NC1CCN(C(=O)c2ccco2)CC1)c1ccccc1.Cl. The molecule has 3 N–H and O–H groups in total. The molecule has 2 heterocycles. The first kappa shape index (κ1) is 20.0. The largest absolute Gasteiger partial charge is 0.459 e. The third-order valence-electron chi connectivity index (χ3n) is 4.69. The normalized spacial score (nSPS) is 17.1. The van der Waals surface area contributed by atoms with E-state index in [0.717, 1.165) is 5.56 Å². The molecule has 3 rings (SSSR count). The first-order valence-electron chi connectivity index (χ1n) is 8.46. The quantitative estimate of drug-likeness (QED) is 0.855. The van der Waals surface area contributed by atoms with Gasteiger partial charge in [0.05, 0.1) is 6.26 Å². The maximum atomic E-state index is 12.6. The van der Waals surface area contributed by atoms with Crippen LogP contribution in [-0.4, -0.2) is 35.8 Å². The van der Waals surface area contributed by atoms with Gasteiger partial charge >= 0.3 is 0 Å². The summed E-state index contributed by atoms with van der Waals surface area (Å²) in [4.78, 5) is 26.6. The van der Waals surface area contributed by atoms with Crippen LogP contribution >= 0.6 is 12.4 Å². The van der Waals surface area contributed by atoms with Crippen molar-refractivity contribution in [2.75, 3.05) is 13.1 Å². The number of furan rings is 1. The number of benzene rings is 1. The lowest BCUT2D eigenvalue weighted by Gasteiger charge is -2.34. The molecule has 26 heavy (non-hydrogen) atoms. The van der Waals surface area contributed by atoms with Crippen molar-refractivity contribution in [3.63, 3.8) is 0 Å². The number of nitrogens with two attached hydrogens (primary N) is 1. The summed E-state index contributed by atoms with van der Waals surface area (Å²) in [6, 6.07) is 12.7. The third kappa shape index (κ3) is 4.26. The molecule has 1 atom stereocenters. The fourth-order valence-corrected chi connectivity index (χ4v) is 3.03. The van der Waals surface area contributed by atoms with Gasteiger partial charge in [-0.2, -0.15) is 0 Å². The Balaban J connectivity index is 0.00000243. The monoisotopic (exact) mass is 377 g/mol. The van der Waals surface area contributed by atoms with Gasteiger partial charge in [0.2, 0.25) is 5.91 Å². The molecule has 7 heteroatoms. The number of rotatable bonds is 4. The molecular formula is C19H24ClN3O3. The molecule has 2 aromatic rings. The van der Waals surface area contributed by atoms with Crippen molar-refractivity contribution in [1.29, 1.82) is 0 Å². The Bertz CT molecular complexity index is 724. The van der Waals surface area contributed by atoms with Crippen LogP contribution in [0.4, 0.5) is 0 Å². The molecule has 1 unspecified atom stereocenters. The van der Waals surface area contributed by atoms with Gasteiger partial charge in [0.15, 0.2) is 5.76 Å². The molecule has 1 saturated heterocycles. The summed E-state index contributed by atoms with van der Waals surface area (Å²) in [5.41, 5.74) is 5.94. The highest BCUT2D eigenvalue weighted by Gasteiger charge is 2.33. The Morgan fingerprint density at radius 3 is 2.38 bits per heavy atom. The van der Waals surface area contributed by atoms with Gasteiger partial charge < -0.3 is 20.4 Å². The number of amides is 2. The van der Waals surface area contributed by atoms with Crippen molar-refractivity contribution in [3.05, 3.63) is 60.1 Å². The number of nitrogens with one attached hydrogen (secondary N) is 1. The maximum absolute atomic E-state index is 12.6. The van der Waals surface area contributed by atoms with Gasteiger partial charge in [-0.3, -0.25) is 9.59 Å². The molecule has 1 aromatic carbocycles. The number of carbonyl (C=O) groups excluding carboxylic acids is 2. The number of hydrogen-bond donors (Lipinski definition) is 2. The van der Waals surface area contributed by atoms with Crippen molar-refractivity contribution < 1.29 is 14.0 Å².